The first-order valence-corrected chi connectivity index (χ1v) is 9.45. The van der Waals surface area contributed by atoms with Gasteiger partial charge in [0.15, 0.2) is 11.5 Å². The van der Waals surface area contributed by atoms with Crippen LogP contribution in [0.5, 0.6) is 11.5 Å². The summed E-state index contributed by atoms with van der Waals surface area (Å²) < 4.78 is 17.4. The molecule has 0 aliphatic heterocycles. The molecule has 1 amide bonds. The maximum Gasteiger partial charge on any atom is 0.297 e. The van der Waals surface area contributed by atoms with Gasteiger partial charge in [0.25, 0.3) is 5.56 Å². The molecule has 2 aromatic heterocycles. The number of amides is 1. The van der Waals surface area contributed by atoms with Crippen LogP contribution >= 0.6 is 0 Å². The number of nitrogens with one attached hydrogen (secondary N) is 1. The molecule has 0 saturated carbocycles. The summed E-state index contributed by atoms with van der Waals surface area (Å²) in [6.07, 6.45) is 1.99. The number of hydrogen-bond donors (Lipinski definition) is 1. The SMILES string of the molecule is COc1ccc(CCNC(=O)Cn2cnc3c(oc4ccccc43)c2=O)cc1OC. The maximum atomic E-state index is 12.7. The Labute approximate surface area is 172 Å². The molecule has 8 nitrogen and oxygen atoms in total. The molecule has 154 valence electrons. The Morgan fingerprint density at radius 1 is 1.13 bits per heavy atom. The first kappa shape index (κ1) is 19.5. The zero-order valence-corrected chi connectivity index (χ0v) is 16.7. The van der Waals surface area contributed by atoms with Gasteiger partial charge in [-0.1, -0.05) is 18.2 Å². The van der Waals surface area contributed by atoms with Gasteiger partial charge in [0.05, 0.1) is 20.5 Å². The van der Waals surface area contributed by atoms with Crippen LogP contribution in [0, 0.1) is 0 Å². The number of fused-ring (bicyclic) bond motifs is 3. The Bertz CT molecular complexity index is 1270. The van der Waals surface area contributed by atoms with E-state index in [2.05, 4.69) is 10.3 Å². The van der Waals surface area contributed by atoms with E-state index in [-0.39, 0.29) is 23.6 Å². The minimum atomic E-state index is -0.383. The number of methoxy groups -OCH3 is 2. The molecule has 0 bridgehead atoms. The van der Waals surface area contributed by atoms with E-state index < -0.39 is 0 Å². The molecular formula is C22H21N3O5. The minimum absolute atomic E-state index is 0.134. The molecule has 2 heterocycles. The third-order valence-electron chi connectivity index (χ3n) is 4.85. The number of aromatic nitrogens is 2. The fourth-order valence-corrected chi connectivity index (χ4v) is 3.32. The van der Waals surface area contributed by atoms with Gasteiger partial charge < -0.3 is 19.2 Å². The number of rotatable bonds is 7. The van der Waals surface area contributed by atoms with Gasteiger partial charge in [0, 0.05) is 11.9 Å². The van der Waals surface area contributed by atoms with Crippen LogP contribution in [0.1, 0.15) is 5.56 Å². The fourth-order valence-electron chi connectivity index (χ4n) is 3.32. The van der Waals surface area contributed by atoms with Crippen molar-refractivity contribution in [1.82, 2.24) is 14.9 Å². The number of para-hydroxylation sites is 1. The Hall–Kier alpha value is -3.81. The topological polar surface area (TPSA) is 95.6 Å². The summed E-state index contributed by atoms with van der Waals surface area (Å²) in [6, 6.07) is 12.9. The molecule has 0 spiro atoms. The molecule has 0 saturated heterocycles. The van der Waals surface area contributed by atoms with Crippen LogP contribution < -0.4 is 20.3 Å². The largest absolute Gasteiger partial charge is 0.493 e. The van der Waals surface area contributed by atoms with E-state index in [1.54, 1.807) is 20.3 Å². The predicted molar refractivity (Wildman–Crippen MR) is 112 cm³/mol. The van der Waals surface area contributed by atoms with Gasteiger partial charge in [0.1, 0.15) is 17.6 Å². The van der Waals surface area contributed by atoms with Crippen molar-refractivity contribution >= 4 is 28.0 Å². The lowest BCUT2D eigenvalue weighted by Crippen LogP contribution is -2.33. The molecule has 4 rings (SSSR count). The second kappa shape index (κ2) is 8.28. The van der Waals surface area contributed by atoms with Crippen molar-refractivity contribution < 1.29 is 18.7 Å². The van der Waals surface area contributed by atoms with E-state index >= 15 is 0 Å². The predicted octanol–water partition coefficient (Wildman–Crippen LogP) is 2.52. The molecule has 8 heteroatoms. The number of benzene rings is 2. The Morgan fingerprint density at radius 2 is 1.93 bits per heavy atom. The number of nitrogens with zero attached hydrogens (tertiary/aromatic N) is 2. The minimum Gasteiger partial charge on any atom is -0.493 e. The molecule has 0 aliphatic carbocycles. The Kier molecular flexibility index (Phi) is 5.38. The third-order valence-corrected chi connectivity index (χ3v) is 4.85. The van der Waals surface area contributed by atoms with Gasteiger partial charge >= 0.3 is 0 Å². The van der Waals surface area contributed by atoms with E-state index in [1.165, 1.54) is 10.9 Å². The number of carbonyl (C=O) groups excluding carboxylic acids is 1. The molecule has 0 fully saturated rings. The second-order valence-electron chi connectivity index (χ2n) is 6.74. The average molecular weight is 407 g/mol. The van der Waals surface area contributed by atoms with E-state index in [0.717, 1.165) is 10.9 Å². The summed E-state index contributed by atoms with van der Waals surface area (Å²) in [5.74, 6) is 1.01. The lowest BCUT2D eigenvalue weighted by molar-refractivity contribution is -0.121. The van der Waals surface area contributed by atoms with E-state index in [0.29, 0.717) is 35.6 Å². The number of ether oxygens (including phenoxy) is 2. The molecule has 4 aromatic rings. The van der Waals surface area contributed by atoms with Gasteiger partial charge in [-0.15, -0.1) is 0 Å². The van der Waals surface area contributed by atoms with Crippen LogP contribution in [0.15, 0.2) is 58.0 Å². The zero-order chi connectivity index (χ0) is 21.1. The molecular weight excluding hydrogens is 386 g/mol. The highest BCUT2D eigenvalue weighted by atomic mass is 16.5. The summed E-state index contributed by atoms with van der Waals surface area (Å²) in [5.41, 5.74) is 1.86. The summed E-state index contributed by atoms with van der Waals surface area (Å²) in [4.78, 5) is 29.3. The summed E-state index contributed by atoms with van der Waals surface area (Å²) in [6.45, 7) is 0.286. The summed E-state index contributed by atoms with van der Waals surface area (Å²) in [7, 11) is 3.16. The van der Waals surface area contributed by atoms with Crippen LogP contribution in [0.4, 0.5) is 0 Å². The number of furan rings is 1. The second-order valence-corrected chi connectivity index (χ2v) is 6.74. The van der Waals surface area contributed by atoms with Crippen molar-refractivity contribution in [1.29, 1.82) is 0 Å². The van der Waals surface area contributed by atoms with Crippen molar-refractivity contribution in [3.05, 3.63) is 64.7 Å². The molecule has 0 atom stereocenters. The van der Waals surface area contributed by atoms with Crippen molar-refractivity contribution in [2.45, 2.75) is 13.0 Å². The van der Waals surface area contributed by atoms with Crippen LogP contribution in [0.25, 0.3) is 22.1 Å². The highest BCUT2D eigenvalue weighted by molar-refractivity contribution is 6.01. The van der Waals surface area contributed by atoms with Crippen molar-refractivity contribution in [3.63, 3.8) is 0 Å². The average Bonchev–Trinajstić information content (AvgIpc) is 3.15. The van der Waals surface area contributed by atoms with Gasteiger partial charge in [-0.3, -0.25) is 14.2 Å². The first-order chi connectivity index (χ1) is 14.6. The molecule has 0 aliphatic rings. The normalized spacial score (nSPS) is 11.0. The summed E-state index contributed by atoms with van der Waals surface area (Å²) >= 11 is 0. The lowest BCUT2D eigenvalue weighted by atomic mass is 10.1. The summed E-state index contributed by atoms with van der Waals surface area (Å²) in [5, 5.41) is 3.59. The molecule has 1 N–H and O–H groups in total. The van der Waals surface area contributed by atoms with Crippen LogP contribution in [-0.4, -0.2) is 36.2 Å². The van der Waals surface area contributed by atoms with Crippen LogP contribution in [0.2, 0.25) is 0 Å². The zero-order valence-electron chi connectivity index (χ0n) is 16.7. The Morgan fingerprint density at radius 3 is 2.73 bits per heavy atom. The monoisotopic (exact) mass is 407 g/mol. The van der Waals surface area contributed by atoms with E-state index in [9.17, 15) is 9.59 Å². The molecule has 0 unspecified atom stereocenters. The molecule has 2 aromatic carbocycles. The van der Waals surface area contributed by atoms with Gasteiger partial charge in [-0.2, -0.15) is 0 Å². The highest BCUT2D eigenvalue weighted by Gasteiger charge is 2.14. The smallest absolute Gasteiger partial charge is 0.297 e. The first-order valence-electron chi connectivity index (χ1n) is 9.45. The van der Waals surface area contributed by atoms with Crippen molar-refractivity contribution in [2.24, 2.45) is 0 Å². The van der Waals surface area contributed by atoms with Crippen LogP contribution in [-0.2, 0) is 17.8 Å². The van der Waals surface area contributed by atoms with Gasteiger partial charge in [0.2, 0.25) is 11.5 Å². The van der Waals surface area contributed by atoms with Gasteiger partial charge in [-0.25, -0.2) is 4.98 Å². The highest BCUT2D eigenvalue weighted by Crippen LogP contribution is 2.27. The van der Waals surface area contributed by atoms with Crippen molar-refractivity contribution in [3.8, 4) is 11.5 Å². The van der Waals surface area contributed by atoms with Gasteiger partial charge in [-0.05, 0) is 36.2 Å². The quantitative estimate of drug-likeness (QED) is 0.506. The number of hydrogen-bond acceptors (Lipinski definition) is 6. The lowest BCUT2D eigenvalue weighted by Gasteiger charge is -2.10. The molecule has 30 heavy (non-hydrogen) atoms. The van der Waals surface area contributed by atoms with E-state index in [4.69, 9.17) is 13.9 Å². The number of carbonyl (C=O) groups is 1. The Balaban J connectivity index is 1.42. The standard InChI is InChI=1S/C22H21N3O5/c1-28-17-8-7-14(11-18(17)29-2)9-10-23-19(26)12-25-13-24-20-15-5-3-4-6-16(15)30-21(20)22(25)27/h3-8,11,13H,9-10,12H2,1-2H3,(H,23,26). The van der Waals surface area contributed by atoms with Crippen LogP contribution in [0.3, 0.4) is 0 Å². The third kappa shape index (κ3) is 3.71. The van der Waals surface area contributed by atoms with E-state index in [1.807, 2.05) is 36.4 Å². The fraction of sp³-hybridized carbons (Fsp3) is 0.227. The maximum absolute atomic E-state index is 12.7. The molecule has 0 radical (unpaired) electrons. The van der Waals surface area contributed by atoms with Crippen molar-refractivity contribution in [2.75, 3.05) is 20.8 Å².